The van der Waals surface area contributed by atoms with E-state index < -0.39 is 9.84 Å². The monoisotopic (exact) mass is 363 g/mol. The van der Waals surface area contributed by atoms with Crippen molar-refractivity contribution in [2.45, 2.75) is 32.6 Å². The molecule has 0 unspecified atom stereocenters. The first-order chi connectivity index (χ1) is 9.36. The van der Waals surface area contributed by atoms with Crippen LogP contribution in [0.2, 0.25) is 0 Å². The van der Waals surface area contributed by atoms with Gasteiger partial charge < -0.3 is 10.1 Å². The molecule has 1 N–H and O–H groups in total. The van der Waals surface area contributed by atoms with Gasteiger partial charge in [0.1, 0.15) is 12.4 Å². The van der Waals surface area contributed by atoms with Crippen molar-refractivity contribution in [1.82, 2.24) is 5.32 Å². The topological polar surface area (TPSA) is 55.4 Å². The van der Waals surface area contributed by atoms with Gasteiger partial charge in [0, 0.05) is 6.54 Å². The van der Waals surface area contributed by atoms with E-state index in [1.165, 1.54) is 0 Å². The van der Waals surface area contributed by atoms with Gasteiger partial charge in [0.05, 0.1) is 15.5 Å². The molecule has 0 fully saturated rings. The second-order valence-electron chi connectivity index (χ2n) is 4.81. The lowest BCUT2D eigenvalue weighted by Gasteiger charge is -2.11. The van der Waals surface area contributed by atoms with Crippen LogP contribution in [0.4, 0.5) is 0 Å². The van der Waals surface area contributed by atoms with E-state index in [-0.39, 0.29) is 17.6 Å². The zero-order valence-electron chi connectivity index (χ0n) is 12.1. The molecular weight excluding hydrogens is 342 g/mol. The molecular formula is C14H22BrNO3S. The minimum atomic E-state index is -3.05. The standard InChI is InChI=1S/C14H22BrNO3S/c1-4-16-10-12-5-6-14(13(15)9-12)19-7-8-20(17,18)11(2)3/h5-6,9,11,16H,4,7-8,10H2,1-3H3. The fourth-order valence-electron chi connectivity index (χ4n) is 1.54. The van der Waals surface area contributed by atoms with Crippen LogP contribution in [0.1, 0.15) is 26.3 Å². The van der Waals surface area contributed by atoms with Gasteiger partial charge in [-0.2, -0.15) is 0 Å². The van der Waals surface area contributed by atoms with Gasteiger partial charge in [-0.15, -0.1) is 0 Å². The second-order valence-corrected chi connectivity index (χ2v) is 8.34. The number of hydrogen-bond acceptors (Lipinski definition) is 4. The fourth-order valence-corrected chi connectivity index (χ4v) is 2.87. The second kappa shape index (κ2) is 8.00. The Morgan fingerprint density at radius 1 is 1.35 bits per heavy atom. The van der Waals surface area contributed by atoms with Crippen molar-refractivity contribution in [3.8, 4) is 5.75 Å². The van der Waals surface area contributed by atoms with E-state index in [1.54, 1.807) is 13.8 Å². The van der Waals surface area contributed by atoms with Crippen LogP contribution in [0.15, 0.2) is 22.7 Å². The zero-order chi connectivity index (χ0) is 15.2. The van der Waals surface area contributed by atoms with Crippen molar-refractivity contribution in [1.29, 1.82) is 0 Å². The number of sulfone groups is 1. The number of benzene rings is 1. The Bertz CT molecular complexity index is 529. The van der Waals surface area contributed by atoms with Gasteiger partial charge in [-0.1, -0.05) is 13.0 Å². The van der Waals surface area contributed by atoms with Crippen LogP contribution < -0.4 is 10.1 Å². The van der Waals surface area contributed by atoms with E-state index in [0.717, 1.165) is 23.1 Å². The highest BCUT2D eigenvalue weighted by Gasteiger charge is 2.16. The van der Waals surface area contributed by atoms with E-state index in [0.29, 0.717) is 5.75 Å². The van der Waals surface area contributed by atoms with Gasteiger partial charge in [-0.25, -0.2) is 8.42 Å². The quantitative estimate of drug-likeness (QED) is 0.771. The van der Waals surface area contributed by atoms with Crippen molar-refractivity contribution in [2.75, 3.05) is 18.9 Å². The summed E-state index contributed by atoms with van der Waals surface area (Å²) in [5.74, 6) is 0.709. The van der Waals surface area contributed by atoms with Gasteiger partial charge in [-0.3, -0.25) is 0 Å². The molecule has 0 amide bonds. The summed E-state index contributed by atoms with van der Waals surface area (Å²) in [5.41, 5.74) is 1.15. The Morgan fingerprint density at radius 3 is 2.60 bits per heavy atom. The van der Waals surface area contributed by atoms with Gasteiger partial charge in [-0.05, 0) is 54.0 Å². The molecule has 0 aliphatic heterocycles. The van der Waals surface area contributed by atoms with Gasteiger partial charge in [0.25, 0.3) is 0 Å². The highest BCUT2D eigenvalue weighted by molar-refractivity contribution is 9.10. The first kappa shape index (κ1) is 17.5. The lowest BCUT2D eigenvalue weighted by atomic mass is 10.2. The number of nitrogens with one attached hydrogen (secondary N) is 1. The molecule has 1 aromatic rings. The van der Waals surface area contributed by atoms with Gasteiger partial charge >= 0.3 is 0 Å². The molecule has 0 aromatic heterocycles. The van der Waals surface area contributed by atoms with E-state index >= 15 is 0 Å². The Balaban J connectivity index is 2.57. The van der Waals surface area contributed by atoms with Crippen LogP contribution in [0.3, 0.4) is 0 Å². The summed E-state index contributed by atoms with van der Waals surface area (Å²) in [4.78, 5) is 0. The summed E-state index contributed by atoms with van der Waals surface area (Å²) in [6.07, 6.45) is 0. The summed E-state index contributed by atoms with van der Waals surface area (Å²) < 4.78 is 29.7. The van der Waals surface area contributed by atoms with Crippen LogP contribution in [-0.2, 0) is 16.4 Å². The zero-order valence-corrected chi connectivity index (χ0v) is 14.6. The first-order valence-corrected chi connectivity index (χ1v) is 9.21. The Labute approximate surface area is 130 Å². The van der Waals surface area contributed by atoms with Crippen LogP contribution in [-0.4, -0.2) is 32.6 Å². The van der Waals surface area contributed by atoms with Crippen LogP contribution in [0, 0.1) is 0 Å². The third-order valence-electron chi connectivity index (χ3n) is 2.92. The van der Waals surface area contributed by atoms with E-state index in [2.05, 4.69) is 28.2 Å². The Hall–Kier alpha value is -0.590. The van der Waals surface area contributed by atoms with Crippen molar-refractivity contribution in [3.05, 3.63) is 28.2 Å². The SMILES string of the molecule is CCNCc1ccc(OCCS(=O)(=O)C(C)C)c(Br)c1. The molecule has 4 nitrogen and oxygen atoms in total. The van der Waals surface area contributed by atoms with Crippen molar-refractivity contribution >= 4 is 25.8 Å². The minimum absolute atomic E-state index is 0.0379. The maximum absolute atomic E-state index is 11.7. The summed E-state index contributed by atoms with van der Waals surface area (Å²) >= 11 is 3.45. The number of halogens is 1. The van der Waals surface area contributed by atoms with E-state index in [9.17, 15) is 8.42 Å². The van der Waals surface area contributed by atoms with Crippen molar-refractivity contribution in [3.63, 3.8) is 0 Å². The summed E-state index contributed by atoms with van der Waals surface area (Å²) in [6.45, 7) is 7.31. The molecule has 0 saturated heterocycles. The van der Waals surface area contributed by atoms with Crippen molar-refractivity contribution < 1.29 is 13.2 Å². The van der Waals surface area contributed by atoms with E-state index in [4.69, 9.17) is 4.74 Å². The smallest absolute Gasteiger partial charge is 0.155 e. The Morgan fingerprint density at radius 2 is 2.05 bits per heavy atom. The molecule has 0 atom stereocenters. The highest BCUT2D eigenvalue weighted by atomic mass is 79.9. The third-order valence-corrected chi connectivity index (χ3v) is 5.71. The normalized spacial score (nSPS) is 11.8. The third kappa shape index (κ3) is 5.42. The number of hydrogen-bond donors (Lipinski definition) is 1. The predicted molar refractivity (Wildman–Crippen MR) is 85.9 cm³/mol. The largest absolute Gasteiger partial charge is 0.491 e. The maximum Gasteiger partial charge on any atom is 0.155 e. The van der Waals surface area contributed by atoms with Crippen LogP contribution in [0.25, 0.3) is 0 Å². The average Bonchev–Trinajstić information content (AvgIpc) is 2.38. The number of ether oxygens (including phenoxy) is 1. The lowest BCUT2D eigenvalue weighted by molar-refractivity contribution is 0.338. The minimum Gasteiger partial charge on any atom is -0.491 e. The average molecular weight is 364 g/mol. The number of rotatable bonds is 8. The summed E-state index contributed by atoms with van der Waals surface area (Å²) in [5, 5.41) is 2.88. The van der Waals surface area contributed by atoms with Gasteiger partial charge in [0.2, 0.25) is 0 Å². The first-order valence-electron chi connectivity index (χ1n) is 6.70. The molecule has 1 aromatic carbocycles. The molecule has 0 heterocycles. The molecule has 114 valence electrons. The molecule has 0 aliphatic carbocycles. The van der Waals surface area contributed by atoms with Crippen LogP contribution >= 0.6 is 15.9 Å². The summed E-state index contributed by atoms with van der Waals surface area (Å²) in [6, 6.07) is 5.81. The molecule has 0 spiro atoms. The maximum atomic E-state index is 11.7. The lowest BCUT2D eigenvalue weighted by Crippen LogP contribution is -2.22. The van der Waals surface area contributed by atoms with Crippen LogP contribution in [0.5, 0.6) is 5.75 Å². The molecule has 0 aliphatic rings. The summed E-state index contributed by atoms with van der Waals surface area (Å²) in [7, 11) is -3.05. The molecule has 1 rings (SSSR count). The van der Waals surface area contributed by atoms with Crippen molar-refractivity contribution in [2.24, 2.45) is 0 Å². The molecule has 20 heavy (non-hydrogen) atoms. The Kier molecular flexibility index (Phi) is 6.99. The fraction of sp³-hybridized carbons (Fsp3) is 0.571. The van der Waals surface area contributed by atoms with E-state index in [1.807, 2.05) is 18.2 Å². The highest BCUT2D eigenvalue weighted by Crippen LogP contribution is 2.26. The molecule has 0 saturated carbocycles. The predicted octanol–water partition coefficient (Wildman–Crippen LogP) is 2.76. The van der Waals surface area contributed by atoms with Gasteiger partial charge in [0.15, 0.2) is 9.84 Å². The molecule has 0 radical (unpaired) electrons. The molecule has 6 heteroatoms. The molecule has 0 bridgehead atoms.